The molecule has 0 spiro atoms. The van der Waals surface area contributed by atoms with Crippen molar-refractivity contribution in [1.82, 2.24) is 5.16 Å². The van der Waals surface area contributed by atoms with E-state index in [4.69, 9.17) is 10.7 Å². The van der Waals surface area contributed by atoms with Gasteiger partial charge < -0.3 is 4.52 Å². The lowest BCUT2D eigenvalue weighted by atomic mass is 10.1. The predicted octanol–water partition coefficient (Wildman–Crippen LogP) is 2.27. The maximum absolute atomic E-state index is 11.3. The highest BCUT2D eigenvalue weighted by Crippen LogP contribution is 2.27. The van der Waals surface area contributed by atoms with E-state index in [1.807, 2.05) is 0 Å². The van der Waals surface area contributed by atoms with Crippen LogP contribution in [0.25, 0.3) is 11.3 Å². The third-order valence-electron chi connectivity index (χ3n) is 1.86. The van der Waals surface area contributed by atoms with Crippen LogP contribution in [0.4, 0.5) is 0 Å². The lowest BCUT2D eigenvalue weighted by molar-refractivity contribution is 0.422. The summed E-state index contributed by atoms with van der Waals surface area (Å²) in [7, 11) is 1.53. The van der Waals surface area contributed by atoms with Crippen molar-refractivity contribution in [1.29, 1.82) is 0 Å². The number of aromatic nitrogens is 1. The summed E-state index contributed by atoms with van der Waals surface area (Å²) in [5, 5.41) is 3.66. The molecule has 0 amide bonds. The predicted molar refractivity (Wildman–Crippen MR) is 55.0 cm³/mol. The van der Waals surface area contributed by atoms with Crippen molar-refractivity contribution < 1.29 is 12.9 Å². The molecule has 0 saturated heterocycles. The topological polar surface area (TPSA) is 60.2 Å². The van der Waals surface area contributed by atoms with E-state index in [2.05, 4.69) is 9.68 Å². The second-order valence-electron chi connectivity index (χ2n) is 2.82. The summed E-state index contributed by atoms with van der Waals surface area (Å²) in [6, 6.07) is 7.91. The van der Waals surface area contributed by atoms with Crippen molar-refractivity contribution in [3.05, 3.63) is 36.6 Å². The summed E-state index contributed by atoms with van der Waals surface area (Å²) in [5.74, 6) is 0. The smallest absolute Gasteiger partial charge is 0.261 e. The molecule has 0 atom stereocenters. The zero-order valence-electron chi connectivity index (χ0n) is 7.42. The Kier molecular flexibility index (Phi) is 2.50. The van der Waals surface area contributed by atoms with Gasteiger partial charge in [0.15, 0.2) is 0 Å². The minimum Gasteiger partial charge on any atom is -0.364 e. The van der Waals surface area contributed by atoms with Crippen LogP contribution < -0.4 is 0 Å². The largest absolute Gasteiger partial charge is 0.364 e. The minimum atomic E-state index is -3.77. The van der Waals surface area contributed by atoms with Gasteiger partial charge in [0.05, 0.1) is 4.90 Å². The van der Waals surface area contributed by atoms with Gasteiger partial charge in [0.25, 0.3) is 9.05 Å². The van der Waals surface area contributed by atoms with E-state index >= 15 is 0 Å². The van der Waals surface area contributed by atoms with E-state index in [-0.39, 0.29) is 4.90 Å². The van der Waals surface area contributed by atoms with Gasteiger partial charge in [-0.05, 0) is 6.07 Å². The molecule has 0 aliphatic carbocycles. The fourth-order valence-corrected chi connectivity index (χ4v) is 2.32. The highest BCUT2D eigenvalue weighted by Gasteiger charge is 2.17. The van der Waals surface area contributed by atoms with Gasteiger partial charge >= 0.3 is 0 Å². The van der Waals surface area contributed by atoms with Crippen LogP contribution in [-0.2, 0) is 9.05 Å². The van der Waals surface area contributed by atoms with Crippen molar-refractivity contribution in [2.24, 2.45) is 0 Å². The van der Waals surface area contributed by atoms with Crippen LogP contribution in [0.5, 0.6) is 0 Å². The Morgan fingerprint density at radius 3 is 2.53 bits per heavy atom. The summed E-state index contributed by atoms with van der Waals surface area (Å²) >= 11 is 0. The fraction of sp³-hybridized carbons (Fsp3) is 0. The second kappa shape index (κ2) is 3.67. The first kappa shape index (κ1) is 10.2. The van der Waals surface area contributed by atoms with Crippen molar-refractivity contribution in [3.63, 3.8) is 0 Å². The molecule has 1 aromatic carbocycles. The molecule has 78 valence electrons. The monoisotopic (exact) mass is 243 g/mol. The number of hydrogen-bond donors (Lipinski definition) is 0. The number of rotatable bonds is 2. The summed E-state index contributed by atoms with van der Waals surface area (Å²) in [4.78, 5) is 0.0283. The van der Waals surface area contributed by atoms with Crippen LogP contribution in [0.3, 0.4) is 0 Å². The molecule has 0 N–H and O–H groups in total. The van der Waals surface area contributed by atoms with Gasteiger partial charge in [-0.25, -0.2) is 8.42 Å². The molecule has 0 fully saturated rings. The van der Waals surface area contributed by atoms with E-state index < -0.39 is 9.05 Å². The Morgan fingerprint density at radius 1 is 1.20 bits per heavy atom. The van der Waals surface area contributed by atoms with E-state index in [0.29, 0.717) is 11.3 Å². The van der Waals surface area contributed by atoms with Crippen LogP contribution in [-0.4, -0.2) is 13.6 Å². The quantitative estimate of drug-likeness (QED) is 0.759. The van der Waals surface area contributed by atoms with Crippen molar-refractivity contribution in [3.8, 4) is 11.3 Å². The van der Waals surface area contributed by atoms with Crippen molar-refractivity contribution in [2.45, 2.75) is 4.90 Å². The molecular weight excluding hydrogens is 238 g/mol. The first-order valence-corrected chi connectivity index (χ1v) is 6.34. The summed E-state index contributed by atoms with van der Waals surface area (Å²) < 4.78 is 27.2. The Balaban J connectivity index is 2.68. The van der Waals surface area contributed by atoms with E-state index in [9.17, 15) is 8.42 Å². The molecule has 1 heterocycles. The zero-order valence-corrected chi connectivity index (χ0v) is 8.99. The normalized spacial score (nSPS) is 11.5. The van der Waals surface area contributed by atoms with Gasteiger partial charge in [-0.1, -0.05) is 23.4 Å². The van der Waals surface area contributed by atoms with Gasteiger partial charge in [-0.15, -0.1) is 0 Å². The van der Waals surface area contributed by atoms with Gasteiger partial charge in [0.1, 0.15) is 12.0 Å². The highest BCUT2D eigenvalue weighted by molar-refractivity contribution is 8.13. The third-order valence-corrected chi connectivity index (χ3v) is 3.24. The van der Waals surface area contributed by atoms with Crippen molar-refractivity contribution >= 4 is 19.7 Å². The second-order valence-corrected chi connectivity index (χ2v) is 5.35. The van der Waals surface area contributed by atoms with Crippen LogP contribution in [0.2, 0.25) is 0 Å². The molecule has 0 radical (unpaired) electrons. The molecule has 0 bridgehead atoms. The van der Waals surface area contributed by atoms with Crippen LogP contribution in [0.1, 0.15) is 0 Å². The standard InChI is InChI=1S/C9H6ClNO3S/c10-15(12,13)9-4-2-1-3-7(9)8-5-6-14-11-8/h1-6H. The van der Waals surface area contributed by atoms with Gasteiger partial charge in [0, 0.05) is 22.3 Å². The minimum absolute atomic E-state index is 0.0283. The Labute approximate surface area is 90.9 Å². The average Bonchev–Trinajstić information content (AvgIpc) is 2.69. The molecule has 0 saturated carbocycles. The van der Waals surface area contributed by atoms with E-state index in [1.165, 1.54) is 12.3 Å². The molecular formula is C9H6ClNO3S. The zero-order chi connectivity index (χ0) is 10.9. The Bertz CT molecular complexity index is 563. The van der Waals surface area contributed by atoms with Gasteiger partial charge in [-0.3, -0.25) is 0 Å². The molecule has 15 heavy (non-hydrogen) atoms. The molecule has 0 aliphatic heterocycles. The molecule has 4 nitrogen and oxygen atoms in total. The molecule has 2 aromatic rings. The van der Waals surface area contributed by atoms with Gasteiger partial charge in [-0.2, -0.15) is 0 Å². The molecule has 0 unspecified atom stereocenters. The first-order chi connectivity index (χ1) is 7.09. The fourth-order valence-electron chi connectivity index (χ4n) is 1.24. The number of hydrogen-bond acceptors (Lipinski definition) is 4. The number of benzene rings is 1. The number of nitrogens with zero attached hydrogens (tertiary/aromatic N) is 1. The summed E-state index contributed by atoms with van der Waals surface area (Å²) in [6.45, 7) is 0. The maximum Gasteiger partial charge on any atom is 0.261 e. The number of halogens is 1. The Hall–Kier alpha value is -1.33. The van der Waals surface area contributed by atoms with Crippen LogP contribution in [0, 0.1) is 0 Å². The van der Waals surface area contributed by atoms with Crippen LogP contribution in [0.15, 0.2) is 46.0 Å². The first-order valence-electron chi connectivity index (χ1n) is 4.03. The summed E-state index contributed by atoms with van der Waals surface area (Å²) in [6.07, 6.45) is 1.37. The Morgan fingerprint density at radius 2 is 1.93 bits per heavy atom. The SMILES string of the molecule is O=S(=O)(Cl)c1ccccc1-c1ccon1. The van der Waals surface area contributed by atoms with Crippen LogP contribution >= 0.6 is 10.7 Å². The molecule has 6 heteroatoms. The van der Waals surface area contributed by atoms with Crippen molar-refractivity contribution in [2.75, 3.05) is 0 Å². The molecule has 1 aromatic heterocycles. The van der Waals surface area contributed by atoms with E-state index in [1.54, 1.807) is 24.3 Å². The highest BCUT2D eigenvalue weighted by atomic mass is 35.7. The lowest BCUT2D eigenvalue weighted by Crippen LogP contribution is -1.94. The van der Waals surface area contributed by atoms with E-state index in [0.717, 1.165) is 0 Å². The lowest BCUT2D eigenvalue weighted by Gasteiger charge is -2.01. The average molecular weight is 244 g/mol. The third kappa shape index (κ3) is 2.03. The molecule has 0 aliphatic rings. The summed E-state index contributed by atoms with van der Waals surface area (Å²) in [5.41, 5.74) is 0.871. The van der Waals surface area contributed by atoms with Gasteiger partial charge in [0.2, 0.25) is 0 Å². The maximum atomic E-state index is 11.3. The molecule has 2 rings (SSSR count).